The van der Waals surface area contributed by atoms with Crippen LogP contribution < -0.4 is 5.43 Å². The summed E-state index contributed by atoms with van der Waals surface area (Å²) in [6, 6.07) is 3.29. The summed E-state index contributed by atoms with van der Waals surface area (Å²) in [5.41, 5.74) is 2.49. The van der Waals surface area contributed by atoms with Crippen molar-refractivity contribution >= 4 is 12.1 Å². The molecule has 0 heterocycles. The third-order valence-electron chi connectivity index (χ3n) is 5.85. The molecule has 4 fully saturated rings. The molecular weight excluding hydrogens is 298 g/mol. The number of hydrazone groups is 1. The normalized spacial score (nSPS) is 35.0. The van der Waals surface area contributed by atoms with E-state index in [2.05, 4.69) is 10.5 Å². The summed E-state index contributed by atoms with van der Waals surface area (Å²) in [5, 5.41) is 3.90. The zero-order valence-electron chi connectivity index (χ0n) is 12.9. The van der Waals surface area contributed by atoms with E-state index >= 15 is 0 Å². The van der Waals surface area contributed by atoms with Gasteiger partial charge in [0.15, 0.2) is 0 Å². The second kappa shape index (κ2) is 5.39. The fourth-order valence-electron chi connectivity index (χ4n) is 5.27. The molecule has 23 heavy (non-hydrogen) atoms. The topological polar surface area (TPSA) is 41.5 Å². The standard InChI is InChI=1S/C18H20F2N2O/c19-15-2-1-14(16(20)6-15)10-21-22-17(23)18-7-11-3-12(8-18)5-13(4-11)9-18/h1-2,6,10-13H,3-5,7-9H2,(H,22,23)/b21-10-. The number of nitrogens with one attached hydrogen (secondary N) is 1. The number of hydrogen-bond acceptors (Lipinski definition) is 2. The van der Waals surface area contributed by atoms with E-state index in [4.69, 9.17) is 0 Å². The second-order valence-electron chi connectivity index (χ2n) is 7.56. The number of nitrogens with zero attached hydrogens (tertiary/aromatic N) is 1. The molecule has 4 bridgehead atoms. The Bertz CT molecular complexity index is 636. The van der Waals surface area contributed by atoms with Gasteiger partial charge >= 0.3 is 0 Å². The number of carbonyl (C=O) groups is 1. The Morgan fingerprint density at radius 3 is 2.30 bits per heavy atom. The van der Waals surface area contributed by atoms with Crippen LogP contribution in [0.25, 0.3) is 0 Å². The number of benzene rings is 1. The molecule has 1 aromatic rings. The van der Waals surface area contributed by atoms with Crippen molar-refractivity contribution in [2.24, 2.45) is 28.3 Å². The van der Waals surface area contributed by atoms with E-state index in [0.717, 1.165) is 25.3 Å². The second-order valence-corrected chi connectivity index (χ2v) is 7.56. The van der Waals surface area contributed by atoms with E-state index in [9.17, 15) is 13.6 Å². The lowest BCUT2D eigenvalue weighted by molar-refractivity contribution is -0.146. The van der Waals surface area contributed by atoms with Crippen LogP contribution >= 0.6 is 0 Å². The van der Waals surface area contributed by atoms with Crippen LogP contribution in [0.4, 0.5) is 8.78 Å². The molecule has 0 radical (unpaired) electrons. The van der Waals surface area contributed by atoms with Gasteiger partial charge in [-0.15, -0.1) is 0 Å². The van der Waals surface area contributed by atoms with Crippen LogP contribution in [0.15, 0.2) is 23.3 Å². The van der Waals surface area contributed by atoms with Gasteiger partial charge in [0.25, 0.3) is 0 Å². The summed E-state index contributed by atoms with van der Waals surface area (Å²) in [6.07, 6.45) is 7.96. The smallest absolute Gasteiger partial charge is 0.246 e. The van der Waals surface area contributed by atoms with Crippen LogP contribution in [0.3, 0.4) is 0 Å². The van der Waals surface area contributed by atoms with E-state index in [1.165, 1.54) is 37.6 Å². The van der Waals surface area contributed by atoms with Crippen molar-refractivity contribution in [3.63, 3.8) is 0 Å². The molecule has 0 atom stereocenters. The maximum absolute atomic E-state index is 13.5. The molecular formula is C18H20F2N2O. The largest absolute Gasteiger partial charge is 0.273 e. The minimum atomic E-state index is -0.683. The van der Waals surface area contributed by atoms with Gasteiger partial charge < -0.3 is 0 Å². The highest BCUT2D eigenvalue weighted by atomic mass is 19.1. The molecule has 0 saturated heterocycles. The Balaban J connectivity index is 1.45. The van der Waals surface area contributed by atoms with Gasteiger partial charge in [0.1, 0.15) is 11.6 Å². The van der Waals surface area contributed by atoms with Gasteiger partial charge in [0.05, 0.1) is 11.6 Å². The van der Waals surface area contributed by atoms with Crippen LogP contribution in [0.2, 0.25) is 0 Å². The molecule has 4 saturated carbocycles. The fraction of sp³-hybridized carbons (Fsp3) is 0.556. The molecule has 1 N–H and O–H groups in total. The summed E-state index contributed by atoms with van der Waals surface area (Å²) in [5.74, 6) is 0.715. The first-order chi connectivity index (χ1) is 11.0. The zero-order valence-corrected chi connectivity index (χ0v) is 12.9. The fourth-order valence-corrected chi connectivity index (χ4v) is 5.27. The van der Waals surface area contributed by atoms with Gasteiger partial charge in [0, 0.05) is 11.6 Å². The lowest BCUT2D eigenvalue weighted by Crippen LogP contribution is -2.52. The lowest BCUT2D eigenvalue weighted by atomic mass is 9.49. The predicted octanol–water partition coefficient (Wildman–Crippen LogP) is 3.63. The molecule has 0 aromatic heterocycles. The van der Waals surface area contributed by atoms with E-state index in [-0.39, 0.29) is 16.9 Å². The highest BCUT2D eigenvalue weighted by Crippen LogP contribution is 2.60. The average Bonchev–Trinajstić information content (AvgIpc) is 2.48. The van der Waals surface area contributed by atoms with Crippen LogP contribution in [-0.2, 0) is 4.79 Å². The van der Waals surface area contributed by atoms with Crippen LogP contribution in [0.5, 0.6) is 0 Å². The zero-order chi connectivity index (χ0) is 16.0. The van der Waals surface area contributed by atoms with Crippen molar-refractivity contribution in [1.82, 2.24) is 5.43 Å². The molecule has 122 valence electrons. The molecule has 3 nitrogen and oxygen atoms in total. The summed E-state index contributed by atoms with van der Waals surface area (Å²) < 4.78 is 26.4. The lowest BCUT2D eigenvalue weighted by Gasteiger charge is -2.55. The average molecular weight is 318 g/mol. The van der Waals surface area contributed by atoms with Gasteiger partial charge in [-0.25, -0.2) is 14.2 Å². The number of hydrogen-bond donors (Lipinski definition) is 1. The highest BCUT2D eigenvalue weighted by molar-refractivity contribution is 5.85. The van der Waals surface area contributed by atoms with Crippen molar-refractivity contribution < 1.29 is 13.6 Å². The minimum Gasteiger partial charge on any atom is -0.273 e. The van der Waals surface area contributed by atoms with Crippen molar-refractivity contribution in [3.8, 4) is 0 Å². The Kier molecular flexibility index (Phi) is 3.47. The number of amides is 1. The Labute approximate surface area is 134 Å². The van der Waals surface area contributed by atoms with Gasteiger partial charge in [-0.2, -0.15) is 5.10 Å². The Hall–Kier alpha value is -1.78. The molecule has 0 unspecified atom stereocenters. The van der Waals surface area contributed by atoms with Crippen molar-refractivity contribution in [2.45, 2.75) is 38.5 Å². The number of rotatable bonds is 3. The van der Waals surface area contributed by atoms with E-state index in [1.54, 1.807) is 0 Å². The predicted molar refractivity (Wildman–Crippen MR) is 82.7 cm³/mol. The van der Waals surface area contributed by atoms with Crippen LogP contribution in [0, 0.1) is 34.8 Å². The molecule has 4 aliphatic carbocycles. The molecule has 0 aliphatic heterocycles. The third kappa shape index (κ3) is 2.66. The first kappa shape index (κ1) is 14.8. The van der Waals surface area contributed by atoms with Gasteiger partial charge in [-0.3, -0.25) is 4.79 Å². The Morgan fingerprint density at radius 1 is 1.13 bits per heavy atom. The Morgan fingerprint density at radius 2 is 1.74 bits per heavy atom. The summed E-state index contributed by atoms with van der Waals surface area (Å²) in [7, 11) is 0. The molecule has 4 aliphatic rings. The first-order valence-electron chi connectivity index (χ1n) is 8.33. The highest BCUT2D eigenvalue weighted by Gasteiger charge is 2.54. The van der Waals surface area contributed by atoms with Crippen molar-refractivity contribution in [1.29, 1.82) is 0 Å². The van der Waals surface area contributed by atoms with Crippen molar-refractivity contribution in [3.05, 3.63) is 35.4 Å². The maximum atomic E-state index is 13.5. The van der Waals surface area contributed by atoms with E-state index < -0.39 is 11.6 Å². The third-order valence-corrected chi connectivity index (χ3v) is 5.85. The quantitative estimate of drug-likeness (QED) is 0.671. The summed E-state index contributed by atoms with van der Waals surface area (Å²) in [6.45, 7) is 0. The molecule has 1 aromatic carbocycles. The molecule has 5 heteroatoms. The van der Waals surface area contributed by atoms with Gasteiger partial charge in [0.2, 0.25) is 5.91 Å². The summed E-state index contributed by atoms with van der Waals surface area (Å²) in [4.78, 5) is 12.6. The SMILES string of the molecule is O=C(N/N=C\c1ccc(F)cc1F)C12CC3CC(CC(C3)C1)C2. The monoisotopic (exact) mass is 318 g/mol. The molecule has 1 amide bonds. The van der Waals surface area contributed by atoms with Crippen LogP contribution in [-0.4, -0.2) is 12.1 Å². The van der Waals surface area contributed by atoms with E-state index in [0.29, 0.717) is 17.8 Å². The maximum Gasteiger partial charge on any atom is 0.246 e. The first-order valence-corrected chi connectivity index (χ1v) is 8.33. The van der Waals surface area contributed by atoms with E-state index in [1.807, 2.05) is 0 Å². The van der Waals surface area contributed by atoms with Gasteiger partial charge in [-0.1, -0.05) is 0 Å². The molecule has 0 spiro atoms. The number of halogens is 2. The summed E-state index contributed by atoms with van der Waals surface area (Å²) >= 11 is 0. The van der Waals surface area contributed by atoms with Crippen LogP contribution in [0.1, 0.15) is 44.1 Å². The number of carbonyl (C=O) groups excluding carboxylic acids is 1. The minimum absolute atomic E-state index is 0.0321. The van der Waals surface area contributed by atoms with Gasteiger partial charge in [-0.05, 0) is 68.4 Å². The van der Waals surface area contributed by atoms with Crippen molar-refractivity contribution in [2.75, 3.05) is 0 Å². The molecule has 5 rings (SSSR count).